The van der Waals surface area contributed by atoms with Crippen molar-refractivity contribution < 1.29 is 9.53 Å². The zero-order valence-corrected chi connectivity index (χ0v) is 16.0. The van der Waals surface area contributed by atoms with Gasteiger partial charge in [0.2, 0.25) is 11.7 Å². The van der Waals surface area contributed by atoms with Crippen molar-refractivity contribution in [1.82, 2.24) is 5.32 Å². The summed E-state index contributed by atoms with van der Waals surface area (Å²) >= 11 is 6.41. The third kappa shape index (κ3) is 4.09. The van der Waals surface area contributed by atoms with Gasteiger partial charge in [-0.15, -0.1) is 0 Å². The first-order valence-electron chi connectivity index (χ1n) is 9.33. The fourth-order valence-electron chi connectivity index (χ4n) is 3.78. The maximum atomic E-state index is 13.0. The summed E-state index contributed by atoms with van der Waals surface area (Å²) < 4.78 is 5.88. The molecule has 3 rings (SSSR count). The Balaban J connectivity index is 1.78. The van der Waals surface area contributed by atoms with E-state index < -0.39 is 11.6 Å². The lowest BCUT2D eigenvalue weighted by molar-refractivity contribution is -0.137. The van der Waals surface area contributed by atoms with E-state index in [0.29, 0.717) is 36.7 Å². The van der Waals surface area contributed by atoms with Crippen LogP contribution in [0.25, 0.3) is 0 Å². The average molecular weight is 392 g/mol. The molecular formula is C19H26ClN5O2. The van der Waals surface area contributed by atoms with Gasteiger partial charge >= 0.3 is 0 Å². The Kier molecular flexibility index (Phi) is 6.01. The standard InChI is InChI=1S/C19H26ClN5O2/c20-13-7-2-1-6-12(13)19-10-5-9-15(16(19)26)27-17(25-19)14(21)8-3-4-11-24-18(22)23/h1-2,6-7,14-15H,3-5,8-11,21H2,(H4,22,23,24)/t14?,15-,19-/m1/s1. The fourth-order valence-corrected chi connectivity index (χ4v) is 4.07. The van der Waals surface area contributed by atoms with Crippen molar-refractivity contribution in [2.24, 2.45) is 16.5 Å². The monoisotopic (exact) mass is 391 g/mol. The molecule has 146 valence electrons. The number of benzene rings is 1. The summed E-state index contributed by atoms with van der Waals surface area (Å²) in [5.74, 6) is 0.384. The first-order valence-corrected chi connectivity index (χ1v) is 9.71. The van der Waals surface area contributed by atoms with Crippen LogP contribution in [-0.4, -0.2) is 36.3 Å². The molecule has 6 N–H and O–H groups in total. The largest absolute Gasteiger partial charge is 0.468 e. The molecule has 1 heterocycles. The summed E-state index contributed by atoms with van der Waals surface area (Å²) in [4.78, 5) is 17.8. The molecule has 1 aromatic carbocycles. The molecule has 0 radical (unpaired) electrons. The number of fused-ring (bicyclic) bond motifs is 2. The molecule has 0 amide bonds. The Labute approximate surface area is 164 Å². The maximum absolute atomic E-state index is 13.0. The number of nitrogens with one attached hydrogen (secondary N) is 2. The predicted octanol–water partition coefficient (Wildman–Crippen LogP) is 2.07. The van der Waals surface area contributed by atoms with Gasteiger partial charge in [-0.3, -0.25) is 10.2 Å². The lowest BCUT2D eigenvalue weighted by Gasteiger charge is -2.42. The number of aliphatic imine (C=N–C) groups is 1. The Bertz CT molecular complexity index is 753. The van der Waals surface area contributed by atoms with Gasteiger partial charge in [-0.25, -0.2) is 4.99 Å². The molecule has 0 aromatic heterocycles. The first kappa shape index (κ1) is 19.6. The minimum absolute atomic E-state index is 0.0246. The second kappa shape index (κ2) is 8.27. The topological polar surface area (TPSA) is 127 Å². The second-order valence-electron chi connectivity index (χ2n) is 7.10. The van der Waals surface area contributed by atoms with E-state index >= 15 is 0 Å². The van der Waals surface area contributed by atoms with E-state index in [0.717, 1.165) is 24.8 Å². The first-order chi connectivity index (χ1) is 12.9. The minimum Gasteiger partial charge on any atom is -0.468 e. The van der Waals surface area contributed by atoms with E-state index in [1.165, 1.54) is 0 Å². The number of nitrogens with zero attached hydrogens (tertiary/aromatic N) is 1. The Hall–Kier alpha value is -2.12. The van der Waals surface area contributed by atoms with Crippen LogP contribution in [0.15, 0.2) is 29.3 Å². The van der Waals surface area contributed by atoms with Gasteiger partial charge in [0.05, 0.1) is 6.04 Å². The summed E-state index contributed by atoms with van der Waals surface area (Å²) in [6.45, 7) is 0.625. The van der Waals surface area contributed by atoms with Crippen molar-refractivity contribution in [3.8, 4) is 0 Å². The van der Waals surface area contributed by atoms with E-state index in [1.807, 2.05) is 18.2 Å². The van der Waals surface area contributed by atoms with Crippen molar-refractivity contribution in [3.05, 3.63) is 34.9 Å². The highest BCUT2D eigenvalue weighted by Crippen LogP contribution is 2.44. The van der Waals surface area contributed by atoms with E-state index in [-0.39, 0.29) is 17.8 Å². The average Bonchev–Trinajstić information content (AvgIpc) is 2.61. The van der Waals surface area contributed by atoms with Crippen LogP contribution >= 0.6 is 11.6 Å². The van der Waals surface area contributed by atoms with Crippen molar-refractivity contribution in [2.75, 3.05) is 6.54 Å². The Morgan fingerprint density at radius 2 is 2.22 bits per heavy atom. The lowest BCUT2D eigenvalue weighted by atomic mass is 9.73. The van der Waals surface area contributed by atoms with E-state index in [9.17, 15) is 4.79 Å². The number of hydrogen-bond acceptors (Lipinski definition) is 5. The molecule has 8 heteroatoms. The minimum atomic E-state index is -0.983. The second-order valence-corrected chi connectivity index (χ2v) is 7.50. The predicted molar refractivity (Wildman–Crippen MR) is 106 cm³/mol. The van der Waals surface area contributed by atoms with E-state index in [2.05, 4.69) is 5.32 Å². The molecule has 1 fully saturated rings. The molecule has 2 aliphatic rings. The molecule has 0 saturated heterocycles. The van der Waals surface area contributed by atoms with Crippen molar-refractivity contribution in [2.45, 2.75) is 56.2 Å². The molecule has 1 unspecified atom stereocenters. The number of rotatable bonds is 7. The molecule has 1 saturated carbocycles. The van der Waals surface area contributed by atoms with Crippen molar-refractivity contribution >= 4 is 29.2 Å². The molecule has 3 atom stereocenters. The SMILES string of the molecule is N=C(N)NCCCCC(N)C1=N[C@@]2(c3ccccc3Cl)CCC[C@@H](O1)C2=O. The fraction of sp³-hybridized carbons (Fsp3) is 0.526. The van der Waals surface area contributed by atoms with Crippen LogP contribution in [0.3, 0.4) is 0 Å². The van der Waals surface area contributed by atoms with Crippen LogP contribution < -0.4 is 16.8 Å². The summed E-state index contributed by atoms with van der Waals surface area (Å²) in [5.41, 5.74) is 11.3. The van der Waals surface area contributed by atoms with Crippen LogP contribution in [-0.2, 0) is 15.1 Å². The number of hydrogen-bond donors (Lipinski definition) is 4. The summed E-state index contributed by atoms with van der Waals surface area (Å²) in [6, 6.07) is 7.00. The van der Waals surface area contributed by atoms with Gasteiger partial charge < -0.3 is 21.5 Å². The number of carbonyl (C=O) groups is 1. The smallest absolute Gasteiger partial charge is 0.205 e. The molecule has 1 aliphatic carbocycles. The quantitative estimate of drug-likeness (QED) is 0.321. The highest BCUT2D eigenvalue weighted by molar-refractivity contribution is 6.32. The molecule has 1 aromatic rings. The molecule has 7 nitrogen and oxygen atoms in total. The van der Waals surface area contributed by atoms with Gasteiger partial charge in [-0.1, -0.05) is 29.8 Å². The number of guanidine groups is 1. The van der Waals surface area contributed by atoms with Gasteiger partial charge in [-0.2, -0.15) is 0 Å². The van der Waals surface area contributed by atoms with Crippen molar-refractivity contribution in [3.63, 3.8) is 0 Å². The molecular weight excluding hydrogens is 366 g/mol. The zero-order valence-electron chi connectivity index (χ0n) is 15.2. The maximum Gasteiger partial charge on any atom is 0.205 e. The molecule has 2 bridgehead atoms. The summed E-state index contributed by atoms with van der Waals surface area (Å²) in [5, 5.41) is 10.5. The van der Waals surface area contributed by atoms with Crippen LogP contribution in [0.2, 0.25) is 5.02 Å². The van der Waals surface area contributed by atoms with Crippen LogP contribution in [0.1, 0.15) is 44.1 Å². The van der Waals surface area contributed by atoms with E-state index in [1.54, 1.807) is 6.07 Å². The van der Waals surface area contributed by atoms with Gasteiger partial charge in [0, 0.05) is 17.1 Å². The van der Waals surface area contributed by atoms with Gasteiger partial charge in [0.15, 0.2) is 17.6 Å². The van der Waals surface area contributed by atoms with E-state index in [4.69, 9.17) is 38.2 Å². The summed E-state index contributed by atoms with van der Waals surface area (Å²) in [7, 11) is 0. The number of nitrogens with two attached hydrogens (primary N) is 2. The Morgan fingerprint density at radius 3 is 2.96 bits per heavy atom. The van der Waals surface area contributed by atoms with Gasteiger partial charge in [0.25, 0.3) is 0 Å². The number of carbonyl (C=O) groups excluding carboxylic acids is 1. The Morgan fingerprint density at radius 1 is 1.44 bits per heavy atom. The number of unbranched alkanes of at least 4 members (excludes halogenated alkanes) is 1. The number of Topliss-reactive ketones (excluding diaryl/α,β-unsaturated/α-hetero) is 1. The summed E-state index contributed by atoms with van der Waals surface area (Å²) in [6.07, 6.45) is 3.99. The van der Waals surface area contributed by atoms with Gasteiger partial charge in [-0.05, 0) is 44.6 Å². The highest BCUT2D eigenvalue weighted by Gasteiger charge is 2.52. The van der Waals surface area contributed by atoms with Crippen LogP contribution in [0.5, 0.6) is 0 Å². The van der Waals surface area contributed by atoms with Crippen molar-refractivity contribution in [1.29, 1.82) is 5.41 Å². The zero-order chi connectivity index (χ0) is 19.4. The molecule has 1 aliphatic heterocycles. The number of ketones is 1. The third-order valence-electron chi connectivity index (χ3n) is 5.16. The number of ether oxygens (including phenoxy) is 1. The van der Waals surface area contributed by atoms with Crippen LogP contribution in [0, 0.1) is 5.41 Å². The third-order valence-corrected chi connectivity index (χ3v) is 5.49. The molecule has 27 heavy (non-hydrogen) atoms. The highest BCUT2D eigenvalue weighted by atomic mass is 35.5. The lowest BCUT2D eigenvalue weighted by Crippen LogP contribution is -2.54. The van der Waals surface area contributed by atoms with Crippen LogP contribution in [0.4, 0.5) is 0 Å². The van der Waals surface area contributed by atoms with Gasteiger partial charge in [0.1, 0.15) is 0 Å². The normalized spacial score (nSPS) is 25.3. The molecule has 0 spiro atoms. The number of halogens is 1.